The van der Waals surface area contributed by atoms with Crippen molar-refractivity contribution < 1.29 is 23.6 Å². The molecule has 28 heavy (non-hydrogen) atoms. The van der Waals surface area contributed by atoms with E-state index in [0.717, 1.165) is 0 Å². The van der Waals surface area contributed by atoms with E-state index in [-0.39, 0.29) is 18.1 Å². The van der Waals surface area contributed by atoms with Crippen LogP contribution in [0.4, 0.5) is 10.1 Å². The number of rotatable bonds is 5. The van der Waals surface area contributed by atoms with Gasteiger partial charge in [-0.05, 0) is 30.3 Å². The molecule has 3 rings (SSSR count). The highest BCUT2D eigenvalue weighted by molar-refractivity contribution is 6.06. The third kappa shape index (κ3) is 4.11. The number of amides is 2. The van der Waals surface area contributed by atoms with Crippen LogP contribution in [0.2, 0.25) is 0 Å². The second-order valence-corrected chi connectivity index (χ2v) is 6.45. The number of halogens is 1. The molecule has 0 fully saturated rings. The van der Waals surface area contributed by atoms with Crippen LogP contribution in [0.25, 0.3) is 0 Å². The Hall–Kier alpha value is -3.42. The molecule has 2 aromatic rings. The summed E-state index contributed by atoms with van der Waals surface area (Å²) in [6, 6.07) is 10.7. The monoisotopic (exact) mass is 385 g/mol. The lowest BCUT2D eigenvalue weighted by Gasteiger charge is -2.15. The fraction of sp³-hybridized carbons (Fsp3) is 0.250. The van der Waals surface area contributed by atoms with Crippen LogP contribution < -0.4 is 10.1 Å². The highest BCUT2D eigenvalue weighted by Crippen LogP contribution is 2.27. The maximum absolute atomic E-state index is 13.4. The molecule has 2 amide bonds. The minimum Gasteiger partial charge on any atom is -0.495 e. The first kappa shape index (κ1) is 19.3. The van der Waals surface area contributed by atoms with Gasteiger partial charge in [0, 0.05) is 31.6 Å². The first-order valence-corrected chi connectivity index (χ1v) is 8.58. The Bertz CT molecular complexity index is 943. The molecule has 1 aliphatic rings. The first-order valence-electron chi connectivity index (χ1n) is 8.58. The zero-order valence-electron chi connectivity index (χ0n) is 15.7. The number of methoxy groups -OCH3 is 1. The molecular weight excluding hydrogens is 365 g/mol. The van der Waals surface area contributed by atoms with Crippen LogP contribution in [-0.4, -0.2) is 49.7 Å². The van der Waals surface area contributed by atoms with E-state index in [1.54, 1.807) is 44.4 Å². The minimum absolute atomic E-state index is 0.202. The topological polar surface area (TPSA) is 80.2 Å². The average molecular weight is 385 g/mol. The zero-order chi connectivity index (χ0) is 20.3. The predicted molar refractivity (Wildman–Crippen MR) is 102 cm³/mol. The van der Waals surface area contributed by atoms with E-state index in [1.165, 1.54) is 24.1 Å². The summed E-state index contributed by atoms with van der Waals surface area (Å²) in [5.74, 6) is -0.622. The molecule has 0 spiro atoms. The van der Waals surface area contributed by atoms with Gasteiger partial charge in [0.2, 0.25) is 6.10 Å². The second kappa shape index (κ2) is 8.08. The molecule has 2 aromatic carbocycles. The normalized spacial score (nSPS) is 15.4. The van der Waals surface area contributed by atoms with Crippen molar-refractivity contribution in [1.82, 2.24) is 4.90 Å². The molecule has 0 radical (unpaired) electrons. The van der Waals surface area contributed by atoms with Gasteiger partial charge in [0.15, 0.2) is 0 Å². The number of anilines is 1. The molecular formula is C20H20FN3O4. The standard InChI is InChI=1S/C20H20FN3O4/c1-24(2)20(26)13-7-8-17(27-3)16(10-13)22-19(25)18-11-15(23-28-18)12-5-4-6-14(21)9-12/h4-10,18H,11H2,1-3H3,(H,22,25). The van der Waals surface area contributed by atoms with Crippen LogP contribution in [-0.2, 0) is 9.63 Å². The largest absolute Gasteiger partial charge is 0.495 e. The summed E-state index contributed by atoms with van der Waals surface area (Å²) in [7, 11) is 4.75. The lowest BCUT2D eigenvalue weighted by molar-refractivity contribution is -0.125. The first-order chi connectivity index (χ1) is 13.4. The highest BCUT2D eigenvalue weighted by atomic mass is 19.1. The number of nitrogens with zero attached hydrogens (tertiary/aromatic N) is 2. The van der Waals surface area contributed by atoms with E-state index in [9.17, 15) is 14.0 Å². The van der Waals surface area contributed by atoms with Crippen LogP contribution in [0.15, 0.2) is 47.6 Å². The van der Waals surface area contributed by atoms with Crippen LogP contribution in [0.1, 0.15) is 22.3 Å². The fourth-order valence-electron chi connectivity index (χ4n) is 2.77. The molecule has 1 unspecified atom stereocenters. The zero-order valence-corrected chi connectivity index (χ0v) is 15.7. The Morgan fingerprint density at radius 1 is 1.25 bits per heavy atom. The van der Waals surface area contributed by atoms with Gasteiger partial charge in [0.25, 0.3) is 11.8 Å². The average Bonchev–Trinajstić information content (AvgIpc) is 3.17. The molecule has 0 aliphatic carbocycles. The highest BCUT2D eigenvalue weighted by Gasteiger charge is 2.29. The van der Waals surface area contributed by atoms with E-state index < -0.39 is 12.0 Å². The van der Waals surface area contributed by atoms with E-state index in [0.29, 0.717) is 28.3 Å². The van der Waals surface area contributed by atoms with Crippen molar-refractivity contribution in [3.8, 4) is 5.75 Å². The number of carbonyl (C=O) groups is 2. The van der Waals surface area contributed by atoms with E-state index >= 15 is 0 Å². The van der Waals surface area contributed by atoms with Gasteiger partial charge < -0.3 is 19.8 Å². The van der Waals surface area contributed by atoms with E-state index in [4.69, 9.17) is 9.57 Å². The molecule has 0 bridgehead atoms. The lowest BCUT2D eigenvalue weighted by Crippen LogP contribution is -2.28. The van der Waals surface area contributed by atoms with Gasteiger partial charge >= 0.3 is 0 Å². The number of ether oxygens (including phenoxy) is 1. The van der Waals surface area contributed by atoms with E-state index in [1.807, 2.05) is 0 Å². The van der Waals surface area contributed by atoms with Gasteiger partial charge in [-0.3, -0.25) is 9.59 Å². The summed E-state index contributed by atoms with van der Waals surface area (Å²) in [4.78, 5) is 31.4. The summed E-state index contributed by atoms with van der Waals surface area (Å²) in [6.07, 6.45) is -0.662. The maximum Gasteiger partial charge on any atom is 0.268 e. The third-order valence-electron chi connectivity index (χ3n) is 4.23. The van der Waals surface area contributed by atoms with Crippen LogP contribution in [0.5, 0.6) is 5.75 Å². The van der Waals surface area contributed by atoms with Crippen molar-refractivity contribution in [3.63, 3.8) is 0 Å². The number of hydrogen-bond acceptors (Lipinski definition) is 5. The van der Waals surface area contributed by atoms with Crippen LogP contribution >= 0.6 is 0 Å². The molecule has 146 valence electrons. The number of oxime groups is 1. The Kier molecular flexibility index (Phi) is 5.58. The SMILES string of the molecule is COc1ccc(C(=O)N(C)C)cc1NC(=O)C1CC(c2cccc(F)c2)=NO1. The van der Waals surface area contributed by atoms with E-state index in [2.05, 4.69) is 10.5 Å². The molecule has 0 aromatic heterocycles. The van der Waals surface area contributed by atoms with Crippen LogP contribution in [0, 0.1) is 5.82 Å². The molecule has 1 N–H and O–H groups in total. The summed E-state index contributed by atoms with van der Waals surface area (Å²) in [5.41, 5.74) is 1.81. The molecule has 1 aliphatic heterocycles. The third-order valence-corrected chi connectivity index (χ3v) is 4.23. The minimum atomic E-state index is -0.865. The Morgan fingerprint density at radius 2 is 2.04 bits per heavy atom. The lowest BCUT2D eigenvalue weighted by atomic mass is 10.0. The molecule has 7 nitrogen and oxygen atoms in total. The van der Waals surface area contributed by atoms with Crippen LogP contribution in [0.3, 0.4) is 0 Å². The van der Waals surface area contributed by atoms with Crippen molar-refractivity contribution in [3.05, 3.63) is 59.4 Å². The summed E-state index contributed by atoms with van der Waals surface area (Å²) in [5, 5.41) is 6.61. The van der Waals surface area contributed by atoms with Gasteiger partial charge in [-0.2, -0.15) is 0 Å². The van der Waals surface area contributed by atoms with Gasteiger partial charge in [-0.1, -0.05) is 17.3 Å². The summed E-state index contributed by atoms with van der Waals surface area (Å²) in [6.45, 7) is 0. The van der Waals surface area contributed by atoms with Crippen molar-refractivity contribution >= 4 is 23.2 Å². The van der Waals surface area contributed by atoms with Crippen molar-refractivity contribution in [2.75, 3.05) is 26.5 Å². The number of carbonyl (C=O) groups excluding carboxylic acids is 2. The molecule has 1 atom stereocenters. The summed E-state index contributed by atoms with van der Waals surface area (Å²) >= 11 is 0. The number of hydrogen-bond donors (Lipinski definition) is 1. The van der Waals surface area contributed by atoms with Gasteiger partial charge in [0.05, 0.1) is 18.5 Å². The smallest absolute Gasteiger partial charge is 0.268 e. The molecule has 8 heteroatoms. The number of nitrogens with one attached hydrogen (secondary N) is 1. The van der Waals surface area contributed by atoms with Crippen molar-refractivity contribution in [2.45, 2.75) is 12.5 Å². The quantitative estimate of drug-likeness (QED) is 0.858. The van der Waals surface area contributed by atoms with Crippen molar-refractivity contribution in [1.29, 1.82) is 0 Å². The Balaban J connectivity index is 1.73. The fourth-order valence-corrected chi connectivity index (χ4v) is 2.77. The maximum atomic E-state index is 13.4. The molecule has 0 saturated heterocycles. The molecule has 1 heterocycles. The second-order valence-electron chi connectivity index (χ2n) is 6.45. The predicted octanol–water partition coefficient (Wildman–Crippen LogP) is 2.67. The van der Waals surface area contributed by atoms with Gasteiger partial charge in [-0.25, -0.2) is 4.39 Å². The van der Waals surface area contributed by atoms with Gasteiger partial charge in [-0.15, -0.1) is 0 Å². The Morgan fingerprint density at radius 3 is 2.71 bits per heavy atom. The number of benzene rings is 2. The van der Waals surface area contributed by atoms with Crippen molar-refractivity contribution in [2.24, 2.45) is 5.16 Å². The van der Waals surface area contributed by atoms with Gasteiger partial charge in [0.1, 0.15) is 11.6 Å². The Labute approximate surface area is 161 Å². The molecule has 0 saturated carbocycles. The summed E-state index contributed by atoms with van der Waals surface area (Å²) < 4.78 is 18.6.